The van der Waals surface area contributed by atoms with Gasteiger partial charge in [0.05, 0.1) is 5.56 Å². The van der Waals surface area contributed by atoms with Crippen LogP contribution in [0.5, 0.6) is 0 Å². The Kier molecular flexibility index (Phi) is 5.27. The van der Waals surface area contributed by atoms with E-state index in [-0.39, 0.29) is 29.7 Å². The smallest absolute Gasteiger partial charge is 0.338 e. The number of nitrogens with one attached hydrogen (secondary N) is 1. The van der Waals surface area contributed by atoms with E-state index in [4.69, 9.17) is 5.11 Å². The summed E-state index contributed by atoms with van der Waals surface area (Å²) in [5.41, 5.74) is -0.168. The monoisotopic (exact) mass is 292 g/mol. The van der Waals surface area contributed by atoms with Crippen LogP contribution < -0.4 is 5.32 Å². The molecule has 0 radical (unpaired) electrons. The number of nitrogens with zero attached hydrogens (tertiary/aromatic N) is 1. The fraction of sp³-hybridized carbons (Fsp3) is 0.533. The minimum atomic E-state index is -1.17. The number of rotatable bonds is 5. The first-order valence-corrected chi connectivity index (χ1v) is 7.21. The largest absolute Gasteiger partial charge is 0.478 e. The van der Waals surface area contributed by atoms with Crippen LogP contribution in [0.2, 0.25) is 0 Å². The lowest BCUT2D eigenvalue weighted by atomic mass is 9.79. The van der Waals surface area contributed by atoms with Crippen LogP contribution in [-0.4, -0.2) is 40.2 Å². The van der Waals surface area contributed by atoms with E-state index in [1.807, 2.05) is 0 Å². The van der Waals surface area contributed by atoms with Crippen LogP contribution in [0.25, 0.3) is 0 Å². The quantitative estimate of drug-likeness (QED) is 0.760. The molecule has 0 spiro atoms. The normalized spacial score (nSPS) is 21.8. The van der Waals surface area contributed by atoms with Crippen molar-refractivity contribution in [1.29, 1.82) is 0 Å². The van der Waals surface area contributed by atoms with Gasteiger partial charge in [-0.1, -0.05) is 12.8 Å². The molecule has 21 heavy (non-hydrogen) atoms. The highest BCUT2D eigenvalue weighted by molar-refractivity contribution is 6.03. The number of aliphatic hydroxyl groups excluding tert-OH is 1. The van der Waals surface area contributed by atoms with Crippen LogP contribution in [0.15, 0.2) is 18.3 Å². The highest BCUT2D eigenvalue weighted by atomic mass is 16.4. The van der Waals surface area contributed by atoms with Crippen LogP contribution in [0.3, 0.4) is 0 Å². The Morgan fingerprint density at radius 1 is 1.29 bits per heavy atom. The molecule has 2 atom stereocenters. The van der Waals surface area contributed by atoms with Gasteiger partial charge in [-0.25, -0.2) is 4.79 Å². The van der Waals surface area contributed by atoms with E-state index in [9.17, 15) is 14.7 Å². The van der Waals surface area contributed by atoms with Crippen molar-refractivity contribution >= 4 is 11.9 Å². The fourth-order valence-corrected chi connectivity index (χ4v) is 2.86. The van der Waals surface area contributed by atoms with Crippen molar-refractivity contribution < 1.29 is 19.8 Å². The number of aliphatic hydroxyl groups is 1. The summed E-state index contributed by atoms with van der Waals surface area (Å²) in [7, 11) is 0. The van der Waals surface area contributed by atoms with Gasteiger partial charge in [-0.15, -0.1) is 0 Å². The van der Waals surface area contributed by atoms with Gasteiger partial charge in [0, 0.05) is 19.3 Å². The third-order valence-electron chi connectivity index (χ3n) is 4.08. The summed E-state index contributed by atoms with van der Waals surface area (Å²) < 4.78 is 0. The Morgan fingerprint density at radius 3 is 2.67 bits per heavy atom. The summed E-state index contributed by atoms with van der Waals surface area (Å²) in [5, 5.41) is 21.2. The molecule has 0 aliphatic heterocycles. The van der Waals surface area contributed by atoms with Gasteiger partial charge in [0.25, 0.3) is 5.91 Å². The molecule has 3 N–H and O–H groups in total. The highest BCUT2D eigenvalue weighted by Gasteiger charge is 2.25. The average Bonchev–Trinajstić information content (AvgIpc) is 2.52. The first-order valence-electron chi connectivity index (χ1n) is 7.21. The van der Waals surface area contributed by atoms with Crippen molar-refractivity contribution in [2.24, 2.45) is 11.8 Å². The number of carbonyl (C=O) groups is 2. The van der Waals surface area contributed by atoms with E-state index in [0.29, 0.717) is 6.54 Å². The van der Waals surface area contributed by atoms with Crippen LogP contribution in [-0.2, 0) is 0 Å². The third-order valence-corrected chi connectivity index (χ3v) is 4.08. The van der Waals surface area contributed by atoms with E-state index in [1.54, 1.807) is 0 Å². The maximum absolute atomic E-state index is 12.1. The maximum Gasteiger partial charge on any atom is 0.338 e. The minimum absolute atomic E-state index is 0.0682. The molecule has 114 valence electrons. The zero-order valence-corrected chi connectivity index (χ0v) is 11.8. The predicted molar refractivity (Wildman–Crippen MR) is 76.1 cm³/mol. The lowest BCUT2D eigenvalue weighted by molar-refractivity contribution is 0.0689. The van der Waals surface area contributed by atoms with E-state index in [1.165, 1.54) is 18.3 Å². The average molecular weight is 292 g/mol. The summed E-state index contributed by atoms with van der Waals surface area (Å²) in [4.78, 5) is 27.0. The van der Waals surface area contributed by atoms with Gasteiger partial charge in [0.2, 0.25) is 0 Å². The first-order chi connectivity index (χ1) is 10.1. The lowest BCUT2D eigenvalue weighted by Crippen LogP contribution is -2.36. The first kappa shape index (κ1) is 15.4. The highest BCUT2D eigenvalue weighted by Crippen LogP contribution is 2.29. The van der Waals surface area contributed by atoms with Gasteiger partial charge in [0.1, 0.15) is 5.69 Å². The van der Waals surface area contributed by atoms with E-state index in [0.717, 1.165) is 25.7 Å². The summed E-state index contributed by atoms with van der Waals surface area (Å²) in [5.74, 6) is -1.19. The van der Waals surface area contributed by atoms with E-state index >= 15 is 0 Å². The lowest BCUT2D eigenvalue weighted by Gasteiger charge is -2.30. The standard InChI is InChI=1S/C15H20N2O4/c18-9-11-5-2-1-4-10(11)8-17-14(19)13-12(15(20)21)6-3-7-16-13/h3,6-7,10-11,18H,1-2,4-5,8-9H2,(H,17,19)(H,20,21). The molecule has 2 rings (SSSR count). The topological polar surface area (TPSA) is 99.5 Å². The maximum atomic E-state index is 12.1. The van der Waals surface area contributed by atoms with Gasteiger partial charge in [-0.3, -0.25) is 9.78 Å². The molecule has 1 fully saturated rings. The fourth-order valence-electron chi connectivity index (χ4n) is 2.86. The van der Waals surface area contributed by atoms with Crippen LogP contribution >= 0.6 is 0 Å². The number of aromatic carboxylic acids is 1. The summed E-state index contributed by atoms with van der Waals surface area (Å²) in [6.45, 7) is 0.574. The second kappa shape index (κ2) is 7.17. The zero-order valence-electron chi connectivity index (χ0n) is 11.8. The number of pyridine rings is 1. The number of hydrogen-bond acceptors (Lipinski definition) is 4. The summed E-state index contributed by atoms with van der Waals surface area (Å²) in [6.07, 6.45) is 5.55. The summed E-state index contributed by atoms with van der Waals surface area (Å²) in [6, 6.07) is 2.85. The number of carbonyl (C=O) groups excluding carboxylic acids is 1. The molecule has 2 unspecified atom stereocenters. The molecular weight excluding hydrogens is 272 g/mol. The molecular formula is C15H20N2O4. The Morgan fingerprint density at radius 2 is 2.00 bits per heavy atom. The third kappa shape index (κ3) is 3.78. The van der Waals surface area contributed by atoms with E-state index < -0.39 is 11.9 Å². The van der Waals surface area contributed by atoms with Crippen molar-refractivity contribution in [2.45, 2.75) is 25.7 Å². The Hall–Kier alpha value is -1.95. The van der Waals surface area contributed by atoms with Gasteiger partial charge in [-0.05, 0) is 36.8 Å². The van der Waals surface area contributed by atoms with Gasteiger partial charge >= 0.3 is 5.97 Å². The van der Waals surface area contributed by atoms with Gasteiger partial charge in [-0.2, -0.15) is 0 Å². The van der Waals surface area contributed by atoms with Crippen molar-refractivity contribution in [1.82, 2.24) is 10.3 Å². The molecule has 1 heterocycles. The van der Waals surface area contributed by atoms with Crippen molar-refractivity contribution in [3.63, 3.8) is 0 Å². The molecule has 1 aromatic heterocycles. The van der Waals surface area contributed by atoms with Gasteiger partial charge in [0.15, 0.2) is 0 Å². The van der Waals surface area contributed by atoms with Crippen molar-refractivity contribution in [2.75, 3.05) is 13.2 Å². The van der Waals surface area contributed by atoms with Crippen LogP contribution in [0.1, 0.15) is 46.5 Å². The van der Waals surface area contributed by atoms with Crippen molar-refractivity contribution in [3.8, 4) is 0 Å². The molecule has 6 nitrogen and oxygen atoms in total. The van der Waals surface area contributed by atoms with Crippen LogP contribution in [0.4, 0.5) is 0 Å². The number of carboxylic acids is 1. The SMILES string of the molecule is O=C(O)c1cccnc1C(=O)NCC1CCCCC1CO. The predicted octanol–water partition coefficient (Wildman–Crippen LogP) is 1.31. The molecule has 1 aliphatic carbocycles. The number of carboxylic acid groups (broad SMARTS) is 1. The molecule has 1 aliphatic rings. The molecule has 0 aromatic carbocycles. The van der Waals surface area contributed by atoms with Crippen LogP contribution in [0, 0.1) is 11.8 Å². The van der Waals surface area contributed by atoms with E-state index in [2.05, 4.69) is 10.3 Å². The second-order valence-electron chi connectivity index (χ2n) is 5.40. The molecule has 6 heteroatoms. The zero-order chi connectivity index (χ0) is 15.2. The van der Waals surface area contributed by atoms with Gasteiger partial charge < -0.3 is 15.5 Å². The molecule has 0 bridgehead atoms. The molecule has 1 saturated carbocycles. The van der Waals surface area contributed by atoms with Crippen molar-refractivity contribution in [3.05, 3.63) is 29.6 Å². The number of aromatic nitrogens is 1. The number of amides is 1. The Labute approximate surface area is 123 Å². The summed E-state index contributed by atoms with van der Waals surface area (Å²) >= 11 is 0. The Bertz CT molecular complexity index is 518. The molecule has 1 amide bonds. The Balaban J connectivity index is 2.00. The second-order valence-corrected chi connectivity index (χ2v) is 5.40. The minimum Gasteiger partial charge on any atom is -0.478 e. The molecule has 1 aromatic rings. The molecule has 0 saturated heterocycles. The number of hydrogen-bond donors (Lipinski definition) is 3.